The fourth-order valence-electron chi connectivity index (χ4n) is 2.25. The lowest BCUT2D eigenvalue weighted by Gasteiger charge is -2.10. The summed E-state index contributed by atoms with van der Waals surface area (Å²) in [5, 5.41) is 10.9. The van der Waals surface area contributed by atoms with Gasteiger partial charge in [-0.2, -0.15) is 0 Å². The summed E-state index contributed by atoms with van der Waals surface area (Å²) in [4.78, 5) is 34.2. The van der Waals surface area contributed by atoms with E-state index in [0.29, 0.717) is 11.3 Å². The number of esters is 1. The summed E-state index contributed by atoms with van der Waals surface area (Å²) >= 11 is 0. The zero-order valence-electron chi connectivity index (χ0n) is 14.8. The molecule has 0 N–H and O–H groups in total. The molecule has 0 spiro atoms. The lowest BCUT2D eigenvalue weighted by molar-refractivity contribution is -0.385. The van der Waals surface area contributed by atoms with Crippen LogP contribution in [0.25, 0.3) is 0 Å². The maximum atomic E-state index is 12.1. The number of nitrogens with zero attached hydrogens (tertiary/aromatic N) is 1. The molecule has 26 heavy (non-hydrogen) atoms. The Balaban J connectivity index is 1.91. The van der Waals surface area contributed by atoms with E-state index in [0.717, 1.165) is 11.1 Å². The van der Waals surface area contributed by atoms with Crippen LogP contribution in [0.4, 0.5) is 5.69 Å². The third-order valence-corrected chi connectivity index (χ3v) is 3.78. The summed E-state index contributed by atoms with van der Waals surface area (Å²) in [6, 6.07) is 9.74. The van der Waals surface area contributed by atoms with Gasteiger partial charge in [-0.25, -0.2) is 4.79 Å². The van der Waals surface area contributed by atoms with Gasteiger partial charge in [0.05, 0.1) is 4.92 Å². The van der Waals surface area contributed by atoms with Gasteiger partial charge in [0.2, 0.25) is 5.78 Å². The molecule has 0 aromatic heterocycles. The summed E-state index contributed by atoms with van der Waals surface area (Å²) < 4.78 is 10.3. The van der Waals surface area contributed by atoms with Crippen LogP contribution in [-0.4, -0.2) is 29.9 Å². The Morgan fingerprint density at radius 1 is 1.00 bits per heavy atom. The number of nitro groups is 1. The fraction of sp³-hybridized carbons (Fsp3) is 0.263. The summed E-state index contributed by atoms with van der Waals surface area (Å²) in [5.74, 6) is -0.642. The highest BCUT2D eigenvalue weighted by atomic mass is 16.6. The maximum Gasteiger partial charge on any atom is 0.344 e. The number of ketones is 1. The number of rotatable bonds is 7. The van der Waals surface area contributed by atoms with Crippen molar-refractivity contribution in [2.24, 2.45) is 0 Å². The Morgan fingerprint density at radius 2 is 1.69 bits per heavy atom. The number of carbonyl (C=O) groups excluding carboxylic acids is 2. The highest BCUT2D eigenvalue weighted by Crippen LogP contribution is 2.20. The molecule has 0 atom stereocenters. The molecular weight excluding hydrogens is 338 g/mol. The molecule has 0 saturated carbocycles. The third-order valence-electron chi connectivity index (χ3n) is 3.78. The van der Waals surface area contributed by atoms with Gasteiger partial charge in [-0.05, 0) is 38.0 Å². The number of ether oxygens (including phenoxy) is 2. The van der Waals surface area contributed by atoms with Crippen LogP contribution >= 0.6 is 0 Å². The first-order valence-electron chi connectivity index (χ1n) is 7.92. The van der Waals surface area contributed by atoms with Crippen molar-refractivity contribution in [1.29, 1.82) is 0 Å². The van der Waals surface area contributed by atoms with Crippen molar-refractivity contribution in [3.05, 3.63) is 68.8 Å². The van der Waals surface area contributed by atoms with Gasteiger partial charge in [-0.1, -0.05) is 24.3 Å². The second kappa shape index (κ2) is 8.24. The summed E-state index contributed by atoms with van der Waals surface area (Å²) in [6.45, 7) is 4.51. The van der Waals surface area contributed by atoms with Gasteiger partial charge < -0.3 is 9.47 Å². The largest absolute Gasteiger partial charge is 0.482 e. The van der Waals surface area contributed by atoms with Crippen molar-refractivity contribution in [2.75, 3.05) is 13.2 Å². The van der Waals surface area contributed by atoms with Crippen LogP contribution in [0.15, 0.2) is 36.4 Å². The molecule has 0 unspecified atom stereocenters. The van der Waals surface area contributed by atoms with Gasteiger partial charge in [-0.15, -0.1) is 0 Å². The predicted molar refractivity (Wildman–Crippen MR) is 94.5 cm³/mol. The standard InChI is InChI=1S/C19H19NO6/c1-12-4-5-14(3)18(8-12)25-11-19(22)26-10-17(21)15-7-6-13(2)16(9-15)20(23)24/h4-9H,10-11H2,1-3H3. The van der Waals surface area contributed by atoms with Crippen LogP contribution in [-0.2, 0) is 9.53 Å². The number of nitro benzene ring substituents is 1. The average Bonchev–Trinajstić information content (AvgIpc) is 2.60. The first-order valence-corrected chi connectivity index (χ1v) is 7.92. The molecule has 0 aliphatic rings. The van der Waals surface area contributed by atoms with E-state index in [1.165, 1.54) is 18.2 Å². The molecule has 0 radical (unpaired) electrons. The molecule has 0 bridgehead atoms. The number of carbonyl (C=O) groups is 2. The smallest absolute Gasteiger partial charge is 0.344 e. The first-order chi connectivity index (χ1) is 12.3. The van der Waals surface area contributed by atoms with E-state index >= 15 is 0 Å². The van der Waals surface area contributed by atoms with Crippen molar-refractivity contribution in [3.8, 4) is 5.75 Å². The molecule has 7 nitrogen and oxygen atoms in total. The average molecular weight is 357 g/mol. The maximum absolute atomic E-state index is 12.1. The van der Waals surface area contributed by atoms with Gasteiger partial charge in [-0.3, -0.25) is 14.9 Å². The number of Topliss-reactive ketones (excluding diaryl/α,β-unsaturated/α-hetero) is 1. The van der Waals surface area contributed by atoms with Gasteiger partial charge in [0.25, 0.3) is 5.69 Å². The molecule has 2 aromatic carbocycles. The minimum atomic E-state index is -0.694. The number of hydrogen-bond donors (Lipinski definition) is 0. The quantitative estimate of drug-likeness (QED) is 0.326. The predicted octanol–water partition coefficient (Wildman–Crippen LogP) is 3.32. The van der Waals surface area contributed by atoms with Crippen molar-refractivity contribution in [1.82, 2.24) is 0 Å². The van der Waals surface area contributed by atoms with E-state index in [4.69, 9.17) is 9.47 Å². The van der Waals surface area contributed by atoms with E-state index in [-0.39, 0.29) is 17.9 Å². The molecular formula is C19H19NO6. The Hall–Kier alpha value is -3.22. The van der Waals surface area contributed by atoms with E-state index in [1.807, 2.05) is 26.0 Å². The molecule has 0 aliphatic carbocycles. The van der Waals surface area contributed by atoms with Crippen molar-refractivity contribution < 1.29 is 24.0 Å². The molecule has 0 aliphatic heterocycles. The Morgan fingerprint density at radius 3 is 2.38 bits per heavy atom. The lowest BCUT2D eigenvalue weighted by atomic mass is 10.1. The minimum absolute atomic E-state index is 0.116. The number of hydrogen-bond acceptors (Lipinski definition) is 6. The second-order valence-corrected chi connectivity index (χ2v) is 5.90. The molecule has 136 valence electrons. The van der Waals surface area contributed by atoms with Gasteiger partial charge >= 0.3 is 5.97 Å². The van der Waals surface area contributed by atoms with Crippen LogP contribution in [0.2, 0.25) is 0 Å². The Labute approximate surface area is 150 Å². The topological polar surface area (TPSA) is 95.7 Å². The molecule has 0 saturated heterocycles. The molecule has 2 rings (SSSR count). The molecule has 2 aromatic rings. The first kappa shape index (κ1) is 19.1. The monoisotopic (exact) mass is 357 g/mol. The third kappa shape index (κ3) is 4.89. The van der Waals surface area contributed by atoms with Gasteiger partial charge in [0, 0.05) is 17.2 Å². The van der Waals surface area contributed by atoms with Crippen LogP contribution < -0.4 is 4.74 Å². The van der Waals surface area contributed by atoms with E-state index < -0.39 is 23.3 Å². The van der Waals surface area contributed by atoms with Gasteiger partial charge in [0.15, 0.2) is 13.2 Å². The summed E-state index contributed by atoms with van der Waals surface area (Å²) in [5.41, 5.74) is 2.29. The summed E-state index contributed by atoms with van der Waals surface area (Å²) in [6.07, 6.45) is 0. The normalized spacial score (nSPS) is 10.3. The molecule has 0 heterocycles. The lowest BCUT2D eigenvalue weighted by Crippen LogP contribution is -2.19. The number of aryl methyl sites for hydroxylation is 3. The SMILES string of the molecule is Cc1ccc(C)c(OCC(=O)OCC(=O)c2ccc(C)c([N+](=O)[O-])c2)c1. The Bertz CT molecular complexity index is 859. The molecule has 0 fully saturated rings. The minimum Gasteiger partial charge on any atom is -0.482 e. The number of benzene rings is 2. The van der Waals surface area contributed by atoms with E-state index in [2.05, 4.69) is 0 Å². The van der Waals surface area contributed by atoms with Crippen molar-refractivity contribution in [2.45, 2.75) is 20.8 Å². The highest BCUT2D eigenvalue weighted by molar-refractivity contribution is 5.98. The van der Waals surface area contributed by atoms with E-state index in [1.54, 1.807) is 13.0 Å². The molecule has 0 amide bonds. The molecule has 7 heteroatoms. The zero-order valence-corrected chi connectivity index (χ0v) is 14.8. The van der Waals surface area contributed by atoms with Crippen LogP contribution in [0.5, 0.6) is 5.75 Å². The van der Waals surface area contributed by atoms with Crippen LogP contribution in [0, 0.1) is 30.9 Å². The Kier molecular flexibility index (Phi) is 6.06. The van der Waals surface area contributed by atoms with Crippen LogP contribution in [0.3, 0.4) is 0 Å². The summed E-state index contributed by atoms with van der Waals surface area (Å²) in [7, 11) is 0. The fourth-order valence-corrected chi connectivity index (χ4v) is 2.25. The van der Waals surface area contributed by atoms with Gasteiger partial charge in [0.1, 0.15) is 5.75 Å². The van der Waals surface area contributed by atoms with Crippen molar-refractivity contribution >= 4 is 17.4 Å². The second-order valence-electron chi connectivity index (χ2n) is 5.90. The van der Waals surface area contributed by atoms with Crippen molar-refractivity contribution in [3.63, 3.8) is 0 Å². The zero-order chi connectivity index (χ0) is 19.3. The van der Waals surface area contributed by atoms with E-state index in [9.17, 15) is 19.7 Å². The highest BCUT2D eigenvalue weighted by Gasteiger charge is 2.16. The van der Waals surface area contributed by atoms with Crippen LogP contribution in [0.1, 0.15) is 27.0 Å².